The summed E-state index contributed by atoms with van der Waals surface area (Å²) in [6.07, 6.45) is 0. The molecule has 4 heteroatoms. The van der Waals surface area contributed by atoms with Crippen LogP contribution in [0.2, 0.25) is 0 Å². The van der Waals surface area contributed by atoms with Crippen LogP contribution in [0, 0.1) is 0 Å². The first-order valence-corrected chi connectivity index (χ1v) is 4.53. The molecule has 0 fully saturated rings. The third-order valence-electron chi connectivity index (χ3n) is 1.53. The average molecular weight is 207 g/mol. The molecule has 1 aromatic rings. The predicted octanol–water partition coefficient (Wildman–Crippen LogP) is 2.60. The van der Waals surface area contributed by atoms with Crippen molar-refractivity contribution in [2.75, 3.05) is 6.61 Å². The van der Waals surface area contributed by atoms with E-state index in [1.54, 1.807) is 31.2 Å². The van der Waals surface area contributed by atoms with E-state index in [4.69, 9.17) is 4.74 Å². The summed E-state index contributed by atoms with van der Waals surface area (Å²) in [6.45, 7) is 2.12. The molecular formula is C10H9NO2S. The van der Waals surface area contributed by atoms with Crippen LogP contribution in [0.25, 0.3) is 0 Å². The van der Waals surface area contributed by atoms with Crippen LogP contribution >= 0.6 is 12.2 Å². The summed E-state index contributed by atoms with van der Waals surface area (Å²) < 4.78 is 4.83. The van der Waals surface area contributed by atoms with Crippen molar-refractivity contribution in [1.82, 2.24) is 0 Å². The Bertz CT molecular complexity index is 383. The molecule has 0 radical (unpaired) electrons. The van der Waals surface area contributed by atoms with Gasteiger partial charge in [-0.15, -0.1) is 0 Å². The van der Waals surface area contributed by atoms with Crippen molar-refractivity contribution in [2.24, 2.45) is 4.99 Å². The number of thiocarbonyl (C=S) groups is 1. The number of carbonyl (C=O) groups excluding carboxylic acids is 1. The van der Waals surface area contributed by atoms with E-state index < -0.39 is 0 Å². The van der Waals surface area contributed by atoms with Crippen LogP contribution in [-0.2, 0) is 4.74 Å². The smallest absolute Gasteiger partial charge is 0.338 e. The molecule has 0 saturated carbocycles. The summed E-state index contributed by atoms with van der Waals surface area (Å²) in [7, 11) is 0. The molecular weight excluding hydrogens is 198 g/mol. The molecule has 0 aliphatic heterocycles. The zero-order valence-corrected chi connectivity index (χ0v) is 8.50. The van der Waals surface area contributed by atoms with E-state index in [1.165, 1.54) is 0 Å². The molecule has 0 atom stereocenters. The molecule has 0 aromatic heterocycles. The fourth-order valence-electron chi connectivity index (χ4n) is 0.970. The Balaban J connectivity index is 2.93. The van der Waals surface area contributed by atoms with E-state index in [9.17, 15) is 4.79 Å². The third kappa shape index (κ3) is 2.76. The minimum Gasteiger partial charge on any atom is -0.462 e. The Morgan fingerprint density at radius 2 is 2.43 bits per heavy atom. The summed E-state index contributed by atoms with van der Waals surface area (Å²) in [5.74, 6) is -0.353. The van der Waals surface area contributed by atoms with Crippen LogP contribution in [0.3, 0.4) is 0 Å². The maximum Gasteiger partial charge on any atom is 0.338 e. The molecule has 3 nitrogen and oxygen atoms in total. The predicted molar refractivity (Wildman–Crippen MR) is 57.1 cm³/mol. The SMILES string of the molecule is CCOC(=O)c1cccc(N=C=S)c1. The molecule has 0 unspecified atom stereocenters. The Labute approximate surface area is 87.4 Å². The van der Waals surface area contributed by atoms with Crippen molar-refractivity contribution in [3.8, 4) is 0 Å². The molecule has 0 amide bonds. The molecule has 0 saturated heterocycles. The van der Waals surface area contributed by atoms with Crippen LogP contribution in [0.5, 0.6) is 0 Å². The van der Waals surface area contributed by atoms with Gasteiger partial charge in [-0.25, -0.2) is 4.79 Å². The lowest BCUT2D eigenvalue weighted by Gasteiger charge is -2.01. The average Bonchev–Trinajstić information content (AvgIpc) is 2.19. The van der Waals surface area contributed by atoms with Gasteiger partial charge in [-0.3, -0.25) is 0 Å². The Morgan fingerprint density at radius 1 is 1.64 bits per heavy atom. The molecule has 1 aromatic carbocycles. The van der Waals surface area contributed by atoms with Crippen molar-refractivity contribution in [2.45, 2.75) is 6.92 Å². The van der Waals surface area contributed by atoms with Crippen LogP contribution in [0.1, 0.15) is 17.3 Å². The van der Waals surface area contributed by atoms with E-state index in [2.05, 4.69) is 22.4 Å². The van der Waals surface area contributed by atoms with Gasteiger partial charge in [0.25, 0.3) is 0 Å². The van der Waals surface area contributed by atoms with Gasteiger partial charge in [-0.1, -0.05) is 6.07 Å². The number of aliphatic imine (C=N–C) groups is 1. The van der Waals surface area contributed by atoms with Gasteiger partial charge in [-0.2, -0.15) is 4.99 Å². The Morgan fingerprint density at radius 3 is 3.07 bits per heavy atom. The summed E-state index contributed by atoms with van der Waals surface area (Å²) in [4.78, 5) is 15.1. The van der Waals surface area contributed by atoms with E-state index >= 15 is 0 Å². The minimum absolute atomic E-state index is 0.353. The molecule has 0 heterocycles. The number of nitrogens with zero attached hydrogens (tertiary/aromatic N) is 1. The quantitative estimate of drug-likeness (QED) is 0.434. The van der Waals surface area contributed by atoms with E-state index in [0.29, 0.717) is 17.9 Å². The summed E-state index contributed by atoms with van der Waals surface area (Å²) in [5, 5.41) is 2.24. The minimum atomic E-state index is -0.353. The molecule has 0 bridgehead atoms. The molecule has 0 N–H and O–H groups in total. The zero-order chi connectivity index (χ0) is 10.4. The topological polar surface area (TPSA) is 38.7 Å². The second-order valence-corrected chi connectivity index (χ2v) is 2.66. The van der Waals surface area contributed by atoms with Crippen molar-refractivity contribution >= 4 is 29.0 Å². The van der Waals surface area contributed by atoms with Crippen LogP contribution in [0.15, 0.2) is 29.3 Å². The van der Waals surface area contributed by atoms with Crippen molar-refractivity contribution in [3.63, 3.8) is 0 Å². The Hall–Kier alpha value is -1.51. The van der Waals surface area contributed by atoms with Gasteiger partial charge in [0, 0.05) is 0 Å². The highest BCUT2D eigenvalue weighted by atomic mass is 32.1. The van der Waals surface area contributed by atoms with Gasteiger partial charge >= 0.3 is 5.97 Å². The number of benzene rings is 1. The number of esters is 1. The van der Waals surface area contributed by atoms with Crippen LogP contribution in [0.4, 0.5) is 5.69 Å². The zero-order valence-electron chi connectivity index (χ0n) is 7.69. The fourth-order valence-corrected chi connectivity index (χ4v) is 1.07. The standard InChI is InChI=1S/C10H9NO2S/c1-2-13-10(12)8-4-3-5-9(6-8)11-7-14/h3-6H,2H2,1H3. The van der Waals surface area contributed by atoms with Crippen molar-refractivity contribution < 1.29 is 9.53 Å². The van der Waals surface area contributed by atoms with Crippen molar-refractivity contribution in [1.29, 1.82) is 0 Å². The molecule has 1 rings (SSSR count). The van der Waals surface area contributed by atoms with Gasteiger partial charge < -0.3 is 4.74 Å². The second-order valence-electron chi connectivity index (χ2n) is 2.47. The molecule has 0 aliphatic carbocycles. The molecule has 0 aliphatic rings. The number of ether oxygens (including phenoxy) is 1. The van der Waals surface area contributed by atoms with Gasteiger partial charge in [0.2, 0.25) is 0 Å². The van der Waals surface area contributed by atoms with Crippen molar-refractivity contribution in [3.05, 3.63) is 29.8 Å². The van der Waals surface area contributed by atoms with Gasteiger partial charge in [0.1, 0.15) is 0 Å². The monoisotopic (exact) mass is 207 g/mol. The van der Waals surface area contributed by atoms with Crippen LogP contribution in [-0.4, -0.2) is 17.7 Å². The molecule has 14 heavy (non-hydrogen) atoms. The van der Waals surface area contributed by atoms with Crippen LogP contribution < -0.4 is 0 Å². The van der Waals surface area contributed by atoms with Gasteiger partial charge in [0.15, 0.2) is 0 Å². The highest BCUT2D eigenvalue weighted by Crippen LogP contribution is 2.13. The molecule has 72 valence electrons. The highest BCUT2D eigenvalue weighted by molar-refractivity contribution is 7.78. The number of rotatable bonds is 3. The first-order valence-electron chi connectivity index (χ1n) is 4.13. The maximum absolute atomic E-state index is 11.3. The highest BCUT2D eigenvalue weighted by Gasteiger charge is 2.05. The molecule has 0 spiro atoms. The maximum atomic E-state index is 11.3. The largest absolute Gasteiger partial charge is 0.462 e. The summed E-state index contributed by atoms with van der Waals surface area (Å²) in [5.41, 5.74) is 1.07. The second kappa shape index (κ2) is 5.27. The third-order valence-corrected chi connectivity index (χ3v) is 1.62. The summed E-state index contributed by atoms with van der Waals surface area (Å²) >= 11 is 4.46. The van der Waals surface area contributed by atoms with E-state index in [0.717, 1.165) is 0 Å². The number of hydrogen-bond donors (Lipinski definition) is 0. The number of carbonyl (C=O) groups is 1. The number of hydrogen-bond acceptors (Lipinski definition) is 4. The normalized spacial score (nSPS) is 8.93. The number of isothiocyanates is 1. The lowest BCUT2D eigenvalue weighted by molar-refractivity contribution is 0.0526. The lowest BCUT2D eigenvalue weighted by atomic mass is 10.2. The van der Waals surface area contributed by atoms with E-state index in [-0.39, 0.29) is 5.97 Å². The Kier molecular flexibility index (Phi) is 3.98. The van der Waals surface area contributed by atoms with Gasteiger partial charge in [-0.05, 0) is 37.3 Å². The first kappa shape index (κ1) is 10.6. The lowest BCUT2D eigenvalue weighted by Crippen LogP contribution is -2.03. The first-order chi connectivity index (χ1) is 6.77. The fraction of sp³-hybridized carbons (Fsp3) is 0.200. The van der Waals surface area contributed by atoms with Gasteiger partial charge in [0.05, 0.1) is 23.0 Å². The summed E-state index contributed by atoms with van der Waals surface area (Å²) in [6, 6.07) is 6.73. The van der Waals surface area contributed by atoms with E-state index in [1.807, 2.05) is 0 Å².